The van der Waals surface area contributed by atoms with Crippen LogP contribution < -0.4 is 0 Å². The summed E-state index contributed by atoms with van der Waals surface area (Å²) in [7, 11) is 0. The third-order valence-corrected chi connectivity index (χ3v) is 10.4. The summed E-state index contributed by atoms with van der Waals surface area (Å²) >= 11 is 1.88. The van der Waals surface area contributed by atoms with Gasteiger partial charge in [0.1, 0.15) is 0 Å². The first-order chi connectivity index (χ1) is 22.2. The van der Waals surface area contributed by atoms with Gasteiger partial charge in [-0.2, -0.15) is 5.26 Å². The van der Waals surface area contributed by atoms with E-state index in [1.54, 1.807) is 0 Å². The maximum Gasteiger partial charge on any atom is 0.164 e. The summed E-state index contributed by atoms with van der Waals surface area (Å²) in [5.41, 5.74) is 8.53. The van der Waals surface area contributed by atoms with Crippen LogP contribution in [0, 0.1) is 11.3 Å². The minimum Gasteiger partial charge on any atom is -0.208 e. The van der Waals surface area contributed by atoms with Gasteiger partial charge in [-0.3, -0.25) is 0 Å². The predicted molar refractivity (Wildman–Crippen MR) is 181 cm³/mol. The van der Waals surface area contributed by atoms with E-state index in [1.807, 2.05) is 72.4 Å². The topological polar surface area (TPSA) is 62.5 Å². The first-order valence-corrected chi connectivity index (χ1v) is 16.4. The molecule has 1 fully saturated rings. The Morgan fingerprint density at radius 2 is 1.11 bits per heavy atom. The molecule has 0 N–H and O–H groups in total. The number of benzene rings is 5. The van der Waals surface area contributed by atoms with Crippen molar-refractivity contribution in [3.8, 4) is 51.4 Å². The van der Waals surface area contributed by atoms with Crippen LogP contribution in [-0.4, -0.2) is 15.0 Å². The average molecular weight is 599 g/mol. The van der Waals surface area contributed by atoms with Crippen molar-refractivity contribution in [2.24, 2.45) is 0 Å². The smallest absolute Gasteiger partial charge is 0.164 e. The van der Waals surface area contributed by atoms with Gasteiger partial charge < -0.3 is 0 Å². The molecule has 0 radical (unpaired) electrons. The molecule has 0 atom stereocenters. The highest BCUT2D eigenvalue weighted by molar-refractivity contribution is 7.99. The maximum atomic E-state index is 9.24. The predicted octanol–water partition coefficient (Wildman–Crippen LogP) is 10.1. The van der Waals surface area contributed by atoms with Crippen LogP contribution in [-0.2, 0) is 5.41 Å². The van der Waals surface area contributed by atoms with Crippen LogP contribution in [0.3, 0.4) is 0 Å². The van der Waals surface area contributed by atoms with Crippen LogP contribution >= 0.6 is 11.8 Å². The third kappa shape index (κ3) is 5.02. The molecular formula is C40H30N4S. The second kappa shape index (κ2) is 11.5. The Hall–Kier alpha value is -5.05. The summed E-state index contributed by atoms with van der Waals surface area (Å²) < 4.78 is 0. The van der Waals surface area contributed by atoms with Crippen LogP contribution in [0.25, 0.3) is 45.3 Å². The van der Waals surface area contributed by atoms with Gasteiger partial charge in [-0.25, -0.2) is 15.0 Å². The van der Waals surface area contributed by atoms with Crippen molar-refractivity contribution < 1.29 is 0 Å². The molecule has 1 aromatic heterocycles. The molecule has 2 heterocycles. The molecule has 0 saturated heterocycles. The lowest BCUT2D eigenvalue weighted by atomic mass is 9.65. The van der Waals surface area contributed by atoms with Crippen molar-refractivity contribution in [2.45, 2.75) is 47.3 Å². The van der Waals surface area contributed by atoms with Crippen LogP contribution in [0.2, 0.25) is 0 Å². The Kier molecular flexibility index (Phi) is 7.00. The largest absolute Gasteiger partial charge is 0.208 e. The van der Waals surface area contributed by atoms with E-state index in [1.165, 1.54) is 53.0 Å². The van der Waals surface area contributed by atoms with Crippen LogP contribution in [0.5, 0.6) is 0 Å². The number of nitriles is 1. The van der Waals surface area contributed by atoms with Crippen LogP contribution in [0.4, 0.5) is 0 Å². The molecule has 45 heavy (non-hydrogen) atoms. The molecule has 1 spiro atoms. The zero-order valence-corrected chi connectivity index (χ0v) is 25.6. The second-order valence-electron chi connectivity index (χ2n) is 11.9. The summed E-state index contributed by atoms with van der Waals surface area (Å²) in [5, 5.41) is 9.24. The molecule has 0 amide bonds. The highest BCUT2D eigenvalue weighted by atomic mass is 32.2. The zero-order valence-electron chi connectivity index (χ0n) is 24.8. The Labute approximate surface area is 267 Å². The molecule has 1 aliphatic carbocycles. The molecule has 0 bridgehead atoms. The minimum atomic E-state index is 0.0268. The van der Waals surface area contributed by atoms with E-state index in [9.17, 15) is 5.26 Å². The van der Waals surface area contributed by atoms with E-state index in [0.717, 1.165) is 27.8 Å². The van der Waals surface area contributed by atoms with Gasteiger partial charge >= 0.3 is 0 Å². The van der Waals surface area contributed by atoms with Gasteiger partial charge in [-0.15, -0.1) is 0 Å². The van der Waals surface area contributed by atoms with Gasteiger partial charge in [0.05, 0.1) is 11.6 Å². The number of nitrogens with zero attached hydrogens (tertiary/aromatic N) is 4. The highest BCUT2D eigenvalue weighted by Crippen LogP contribution is 2.55. The Balaban J connectivity index is 1.27. The lowest BCUT2D eigenvalue weighted by Crippen LogP contribution is -2.33. The first-order valence-electron chi connectivity index (χ1n) is 15.5. The molecule has 216 valence electrons. The fraction of sp³-hybridized carbons (Fsp3) is 0.150. The number of hydrogen-bond donors (Lipinski definition) is 0. The molecule has 1 saturated carbocycles. The van der Waals surface area contributed by atoms with E-state index in [4.69, 9.17) is 15.0 Å². The molecule has 1 aliphatic heterocycles. The van der Waals surface area contributed by atoms with Crippen molar-refractivity contribution in [1.29, 1.82) is 5.26 Å². The average Bonchev–Trinajstić information content (AvgIpc) is 3.12. The molecule has 4 nitrogen and oxygen atoms in total. The van der Waals surface area contributed by atoms with E-state index in [2.05, 4.69) is 66.7 Å². The first kappa shape index (κ1) is 27.5. The van der Waals surface area contributed by atoms with E-state index >= 15 is 0 Å². The standard InChI is InChI=1S/C40H30N4S/c41-26-27-16-18-28(19-17-27)30-12-9-13-31(24-30)38-42-37(29-10-3-1-4-11-29)43-39(44-38)32-20-21-36-34(25-32)40(22-7-2-8-23-40)33-14-5-6-15-35(33)45-36/h1,3-6,9-21,24-25H,2,7-8,22-23H2. The van der Waals surface area contributed by atoms with Crippen molar-refractivity contribution >= 4 is 11.8 Å². The quantitative estimate of drug-likeness (QED) is 0.202. The summed E-state index contributed by atoms with van der Waals surface area (Å²) in [6.07, 6.45) is 6.12. The van der Waals surface area contributed by atoms with Gasteiger partial charge in [-0.1, -0.05) is 116 Å². The van der Waals surface area contributed by atoms with Crippen molar-refractivity contribution in [3.05, 3.63) is 138 Å². The lowest BCUT2D eigenvalue weighted by molar-refractivity contribution is 0.335. The molecule has 0 unspecified atom stereocenters. The summed E-state index contributed by atoms with van der Waals surface area (Å²) in [4.78, 5) is 17.9. The molecule has 6 aromatic rings. The fourth-order valence-corrected chi connectivity index (χ4v) is 8.22. The summed E-state index contributed by atoms with van der Waals surface area (Å²) in [6, 6.07) is 44.1. The van der Waals surface area contributed by atoms with Crippen molar-refractivity contribution in [2.75, 3.05) is 0 Å². The molecule has 8 rings (SSSR count). The fourth-order valence-electron chi connectivity index (χ4n) is 6.97. The molecule has 5 aromatic carbocycles. The van der Waals surface area contributed by atoms with Gasteiger partial charge in [0.15, 0.2) is 17.5 Å². The highest BCUT2D eigenvalue weighted by Gasteiger charge is 2.42. The summed E-state index contributed by atoms with van der Waals surface area (Å²) in [5.74, 6) is 1.98. The Morgan fingerprint density at radius 3 is 1.87 bits per heavy atom. The lowest BCUT2D eigenvalue weighted by Gasteiger charge is -2.43. The van der Waals surface area contributed by atoms with E-state index in [-0.39, 0.29) is 5.41 Å². The second-order valence-corrected chi connectivity index (χ2v) is 13.0. The van der Waals surface area contributed by atoms with E-state index in [0.29, 0.717) is 23.0 Å². The molecule has 2 aliphatic rings. The Morgan fingerprint density at radius 1 is 0.511 bits per heavy atom. The minimum absolute atomic E-state index is 0.0268. The molecule has 5 heteroatoms. The normalized spacial score (nSPS) is 14.7. The number of aromatic nitrogens is 3. The van der Waals surface area contributed by atoms with Crippen molar-refractivity contribution in [1.82, 2.24) is 15.0 Å². The number of rotatable bonds is 4. The SMILES string of the molecule is N#Cc1ccc(-c2cccc(-c3nc(-c4ccccc4)nc(-c4ccc5c(c4)C4(CCCCC4)c4ccccc4S5)n3)c2)cc1. The monoisotopic (exact) mass is 598 g/mol. The van der Waals surface area contributed by atoms with Gasteiger partial charge in [0.25, 0.3) is 0 Å². The number of fused-ring (bicyclic) bond motifs is 4. The Bertz CT molecular complexity index is 2070. The van der Waals surface area contributed by atoms with Crippen molar-refractivity contribution in [3.63, 3.8) is 0 Å². The number of hydrogen-bond acceptors (Lipinski definition) is 5. The van der Waals surface area contributed by atoms with Gasteiger partial charge in [0.2, 0.25) is 0 Å². The molecular weight excluding hydrogens is 569 g/mol. The zero-order chi connectivity index (χ0) is 30.2. The summed E-state index contributed by atoms with van der Waals surface area (Å²) in [6.45, 7) is 0. The third-order valence-electron chi connectivity index (χ3n) is 9.22. The maximum absolute atomic E-state index is 9.24. The van der Waals surface area contributed by atoms with E-state index < -0.39 is 0 Å². The van der Waals surface area contributed by atoms with Crippen LogP contribution in [0.1, 0.15) is 48.8 Å². The van der Waals surface area contributed by atoms with Crippen LogP contribution in [0.15, 0.2) is 131 Å². The van der Waals surface area contributed by atoms with Gasteiger partial charge in [0, 0.05) is 31.9 Å². The van der Waals surface area contributed by atoms with Gasteiger partial charge in [-0.05, 0) is 71.5 Å².